The average molecular weight is 398 g/mol. The van der Waals surface area contributed by atoms with Crippen LogP contribution in [0.5, 0.6) is 17.2 Å². The van der Waals surface area contributed by atoms with Crippen LogP contribution in [0.1, 0.15) is 29.8 Å². The maximum absolute atomic E-state index is 12.9. The van der Waals surface area contributed by atoms with Crippen LogP contribution in [-0.2, 0) is 6.42 Å². The second-order valence-electron chi connectivity index (χ2n) is 6.06. The molecule has 0 saturated heterocycles. The molecule has 26 heavy (non-hydrogen) atoms. The fourth-order valence-electron chi connectivity index (χ4n) is 2.37. The Labute approximate surface area is 163 Å². The number of aromatic nitrogens is 1. The van der Waals surface area contributed by atoms with Gasteiger partial charge < -0.3 is 14.2 Å². The van der Waals surface area contributed by atoms with E-state index in [0.717, 1.165) is 0 Å². The molecule has 0 saturated carbocycles. The molecule has 0 N–H and O–H groups in total. The van der Waals surface area contributed by atoms with Crippen molar-refractivity contribution in [3.63, 3.8) is 0 Å². The minimum absolute atomic E-state index is 0.0215. The van der Waals surface area contributed by atoms with Gasteiger partial charge in [0.2, 0.25) is 5.75 Å². The Balaban J connectivity index is 2.44. The van der Waals surface area contributed by atoms with E-state index in [0.29, 0.717) is 45.0 Å². The Morgan fingerprint density at radius 1 is 1.08 bits per heavy atom. The first-order valence-corrected chi connectivity index (χ1v) is 8.83. The zero-order valence-corrected chi connectivity index (χ0v) is 16.6. The molecule has 5 nitrogen and oxygen atoms in total. The highest BCUT2D eigenvalue weighted by Crippen LogP contribution is 2.41. The van der Waals surface area contributed by atoms with Gasteiger partial charge in [0, 0.05) is 24.4 Å². The lowest BCUT2D eigenvalue weighted by molar-refractivity contribution is 0.0987. The number of halogens is 2. The molecule has 0 atom stereocenters. The van der Waals surface area contributed by atoms with Crippen LogP contribution in [0.3, 0.4) is 0 Å². The van der Waals surface area contributed by atoms with Crippen molar-refractivity contribution < 1.29 is 19.0 Å². The quantitative estimate of drug-likeness (QED) is 0.594. The molecule has 140 valence electrons. The van der Waals surface area contributed by atoms with Crippen molar-refractivity contribution in [2.24, 2.45) is 5.92 Å². The summed E-state index contributed by atoms with van der Waals surface area (Å²) >= 11 is 12.3. The van der Waals surface area contributed by atoms with E-state index in [9.17, 15) is 4.79 Å². The van der Waals surface area contributed by atoms with Crippen LogP contribution in [0.25, 0.3) is 0 Å². The normalized spacial score (nSPS) is 10.7. The van der Waals surface area contributed by atoms with Gasteiger partial charge in [-0.1, -0.05) is 37.0 Å². The van der Waals surface area contributed by atoms with Crippen LogP contribution in [0, 0.1) is 5.92 Å². The lowest BCUT2D eigenvalue weighted by atomic mass is 10.0. The summed E-state index contributed by atoms with van der Waals surface area (Å²) in [6.45, 7) is 4.47. The van der Waals surface area contributed by atoms with E-state index in [4.69, 9.17) is 37.4 Å². The van der Waals surface area contributed by atoms with Crippen molar-refractivity contribution >= 4 is 29.0 Å². The Morgan fingerprint density at radius 2 is 1.73 bits per heavy atom. The van der Waals surface area contributed by atoms with Gasteiger partial charge in [-0.25, -0.2) is 0 Å². The SMILES string of the molecule is COc1ccc(C(=O)Cc2c(Cl)cncc2Cl)c(OCC(C)C)c1OC. The number of Topliss-reactive ketones (excluding diaryl/α,β-unsaturated/α-hetero) is 1. The van der Waals surface area contributed by atoms with Crippen molar-refractivity contribution in [3.05, 3.63) is 45.7 Å². The predicted molar refractivity (Wildman–Crippen MR) is 102 cm³/mol. The van der Waals surface area contributed by atoms with E-state index in [-0.39, 0.29) is 18.1 Å². The van der Waals surface area contributed by atoms with E-state index < -0.39 is 0 Å². The minimum atomic E-state index is -0.195. The van der Waals surface area contributed by atoms with E-state index in [1.165, 1.54) is 26.6 Å². The lowest BCUT2D eigenvalue weighted by Gasteiger charge is -2.18. The number of hydrogen-bond acceptors (Lipinski definition) is 5. The molecule has 0 radical (unpaired) electrons. The number of pyridine rings is 1. The summed E-state index contributed by atoms with van der Waals surface area (Å²) in [5, 5.41) is 0.687. The summed E-state index contributed by atoms with van der Waals surface area (Å²) in [4.78, 5) is 16.8. The summed E-state index contributed by atoms with van der Waals surface area (Å²) in [5.74, 6) is 1.30. The Kier molecular flexibility index (Phi) is 7.12. The molecule has 0 spiro atoms. The van der Waals surface area contributed by atoms with Crippen molar-refractivity contribution in [2.45, 2.75) is 20.3 Å². The van der Waals surface area contributed by atoms with Crippen LogP contribution in [0.4, 0.5) is 0 Å². The van der Waals surface area contributed by atoms with Crippen LogP contribution in [0.2, 0.25) is 10.0 Å². The standard InChI is InChI=1S/C19H21Cl2NO4/c1-11(2)10-26-18-12(5-6-17(24-3)19(18)25-4)16(23)7-13-14(20)8-22-9-15(13)21/h5-6,8-9,11H,7,10H2,1-4H3. The van der Waals surface area contributed by atoms with Gasteiger partial charge in [-0.2, -0.15) is 0 Å². The molecule has 0 aliphatic heterocycles. The molecule has 2 rings (SSSR count). The molecular weight excluding hydrogens is 377 g/mol. The van der Waals surface area contributed by atoms with E-state index in [1.807, 2.05) is 13.8 Å². The highest BCUT2D eigenvalue weighted by molar-refractivity contribution is 6.36. The largest absolute Gasteiger partial charge is 0.493 e. The maximum atomic E-state index is 12.9. The summed E-state index contributed by atoms with van der Waals surface area (Å²) in [5.41, 5.74) is 0.908. The smallest absolute Gasteiger partial charge is 0.204 e. The first kappa shape index (κ1) is 20.3. The summed E-state index contributed by atoms with van der Waals surface area (Å²) in [7, 11) is 3.03. The van der Waals surface area contributed by atoms with Crippen LogP contribution in [0.15, 0.2) is 24.5 Å². The summed E-state index contributed by atoms with van der Waals surface area (Å²) < 4.78 is 16.6. The van der Waals surface area contributed by atoms with Gasteiger partial charge in [0.05, 0.1) is 36.4 Å². The monoisotopic (exact) mass is 397 g/mol. The first-order valence-electron chi connectivity index (χ1n) is 8.07. The number of benzene rings is 1. The average Bonchev–Trinajstić information content (AvgIpc) is 2.61. The molecular formula is C19H21Cl2NO4. The van der Waals surface area contributed by atoms with E-state index >= 15 is 0 Å². The molecule has 0 fully saturated rings. The summed E-state index contributed by atoms with van der Waals surface area (Å²) in [6.07, 6.45) is 2.94. The highest BCUT2D eigenvalue weighted by atomic mass is 35.5. The van der Waals surface area contributed by atoms with Crippen LogP contribution in [-0.4, -0.2) is 31.6 Å². The van der Waals surface area contributed by atoms with Gasteiger partial charge >= 0.3 is 0 Å². The third kappa shape index (κ3) is 4.59. The van der Waals surface area contributed by atoms with Gasteiger partial charge in [0.25, 0.3) is 0 Å². The number of ether oxygens (including phenoxy) is 3. The number of carbonyl (C=O) groups excluding carboxylic acids is 1. The zero-order chi connectivity index (χ0) is 19.3. The van der Waals surface area contributed by atoms with Crippen molar-refractivity contribution in [1.82, 2.24) is 4.98 Å². The molecule has 0 aliphatic rings. The number of rotatable bonds is 8. The molecule has 0 bridgehead atoms. The second-order valence-corrected chi connectivity index (χ2v) is 6.88. The Bertz CT molecular complexity index is 773. The van der Waals surface area contributed by atoms with Crippen molar-refractivity contribution in [1.29, 1.82) is 0 Å². The van der Waals surface area contributed by atoms with Gasteiger partial charge in [-0.05, 0) is 18.1 Å². The van der Waals surface area contributed by atoms with E-state index in [1.54, 1.807) is 12.1 Å². The van der Waals surface area contributed by atoms with Gasteiger partial charge in [-0.3, -0.25) is 9.78 Å². The molecule has 0 unspecified atom stereocenters. The summed E-state index contributed by atoms with van der Waals surface area (Å²) in [6, 6.07) is 3.33. The zero-order valence-electron chi connectivity index (χ0n) is 15.1. The fraction of sp³-hybridized carbons (Fsp3) is 0.368. The Morgan fingerprint density at radius 3 is 2.27 bits per heavy atom. The molecule has 1 aromatic heterocycles. The number of methoxy groups -OCH3 is 2. The number of carbonyl (C=O) groups is 1. The Hall–Kier alpha value is -1.98. The number of hydrogen-bond donors (Lipinski definition) is 0. The molecule has 7 heteroatoms. The second kappa shape index (κ2) is 9.10. The maximum Gasteiger partial charge on any atom is 0.204 e. The molecule has 1 aromatic carbocycles. The third-order valence-corrected chi connectivity index (χ3v) is 4.30. The van der Waals surface area contributed by atoms with Crippen LogP contribution >= 0.6 is 23.2 Å². The molecule has 0 aliphatic carbocycles. The van der Waals surface area contributed by atoms with E-state index in [2.05, 4.69) is 4.98 Å². The highest BCUT2D eigenvalue weighted by Gasteiger charge is 2.23. The molecule has 0 amide bonds. The molecule has 1 heterocycles. The fourth-order valence-corrected chi connectivity index (χ4v) is 2.87. The number of nitrogens with zero attached hydrogens (tertiary/aromatic N) is 1. The van der Waals surface area contributed by atoms with Crippen molar-refractivity contribution in [3.8, 4) is 17.2 Å². The topological polar surface area (TPSA) is 57.7 Å². The number of ketones is 1. The van der Waals surface area contributed by atoms with Crippen LogP contribution < -0.4 is 14.2 Å². The predicted octanol–water partition coefficient (Wildman–Crippen LogP) is 4.87. The van der Waals surface area contributed by atoms with Crippen molar-refractivity contribution in [2.75, 3.05) is 20.8 Å². The van der Waals surface area contributed by atoms with Gasteiger partial charge in [0.1, 0.15) is 0 Å². The van der Waals surface area contributed by atoms with Gasteiger partial charge in [0.15, 0.2) is 17.3 Å². The first-order chi connectivity index (χ1) is 12.4. The third-order valence-electron chi connectivity index (χ3n) is 3.65. The minimum Gasteiger partial charge on any atom is -0.493 e. The lowest BCUT2D eigenvalue weighted by Crippen LogP contribution is -2.12. The molecule has 2 aromatic rings. The van der Waals surface area contributed by atoms with Gasteiger partial charge in [-0.15, -0.1) is 0 Å².